The van der Waals surface area contributed by atoms with Crippen molar-refractivity contribution in [3.63, 3.8) is 0 Å². The predicted molar refractivity (Wildman–Crippen MR) is 73.3 cm³/mol. The first-order valence-corrected chi connectivity index (χ1v) is 6.87. The van der Waals surface area contributed by atoms with Gasteiger partial charge in [-0.25, -0.2) is 0 Å². The van der Waals surface area contributed by atoms with Crippen molar-refractivity contribution in [2.24, 2.45) is 0 Å². The van der Waals surface area contributed by atoms with Crippen molar-refractivity contribution < 1.29 is 40.1 Å². The zero-order chi connectivity index (χ0) is 16.3. The maximum atomic E-state index is 9.88. The van der Waals surface area contributed by atoms with E-state index in [9.17, 15) is 20.4 Å². The molecule has 0 aliphatic carbocycles. The van der Waals surface area contributed by atoms with Crippen LogP contribution in [-0.4, -0.2) is 74.6 Å². The van der Waals surface area contributed by atoms with Crippen LogP contribution in [0.25, 0.3) is 0 Å². The first-order chi connectivity index (χ1) is 10.5. The summed E-state index contributed by atoms with van der Waals surface area (Å²) in [6, 6.07) is 4.27. The number of hydrogen-bond acceptors (Lipinski definition) is 8. The summed E-state index contributed by atoms with van der Waals surface area (Å²) in [6.45, 7) is -0.663. The van der Waals surface area contributed by atoms with Gasteiger partial charge in [0, 0.05) is 12.7 Å². The zero-order valence-electron chi connectivity index (χ0n) is 11.7. The van der Waals surface area contributed by atoms with Crippen molar-refractivity contribution in [1.29, 1.82) is 0 Å². The first-order valence-electron chi connectivity index (χ1n) is 6.87. The summed E-state index contributed by atoms with van der Waals surface area (Å²) >= 11 is 0. The number of aliphatic hydroxyl groups is 5. The van der Waals surface area contributed by atoms with E-state index >= 15 is 0 Å². The fourth-order valence-electron chi connectivity index (χ4n) is 2.28. The number of phenols is 1. The second-order valence-electron chi connectivity index (χ2n) is 5.12. The Hall–Kier alpha value is -1.42. The van der Waals surface area contributed by atoms with Gasteiger partial charge in [0.05, 0.1) is 6.61 Å². The van der Waals surface area contributed by atoms with E-state index < -0.39 is 37.3 Å². The fraction of sp³-hybridized carbons (Fsp3) is 0.571. The van der Waals surface area contributed by atoms with E-state index in [2.05, 4.69) is 0 Å². The van der Waals surface area contributed by atoms with Gasteiger partial charge in [-0.2, -0.15) is 0 Å². The summed E-state index contributed by atoms with van der Waals surface area (Å²) in [5.41, 5.74) is 0.613. The van der Waals surface area contributed by atoms with Crippen molar-refractivity contribution in [1.82, 2.24) is 0 Å². The van der Waals surface area contributed by atoms with Crippen molar-refractivity contribution in [2.75, 3.05) is 13.2 Å². The second-order valence-corrected chi connectivity index (χ2v) is 5.12. The van der Waals surface area contributed by atoms with Crippen molar-refractivity contribution in [3.05, 3.63) is 23.8 Å². The molecule has 2 rings (SSSR count). The van der Waals surface area contributed by atoms with Crippen LogP contribution in [0, 0.1) is 0 Å². The van der Waals surface area contributed by atoms with Crippen LogP contribution in [0.5, 0.6) is 11.5 Å². The van der Waals surface area contributed by atoms with Gasteiger partial charge in [0.1, 0.15) is 35.9 Å². The summed E-state index contributed by atoms with van der Waals surface area (Å²) in [6.07, 6.45) is -6.61. The molecule has 6 N–H and O–H groups in total. The van der Waals surface area contributed by atoms with Crippen molar-refractivity contribution in [2.45, 2.75) is 37.1 Å². The highest BCUT2D eigenvalue weighted by molar-refractivity contribution is 5.37. The molecule has 1 aromatic carbocycles. The van der Waals surface area contributed by atoms with Crippen molar-refractivity contribution in [3.8, 4) is 11.5 Å². The second kappa shape index (κ2) is 7.23. The lowest BCUT2D eigenvalue weighted by Crippen LogP contribution is -2.60. The highest BCUT2D eigenvalue weighted by Crippen LogP contribution is 2.27. The fourth-order valence-corrected chi connectivity index (χ4v) is 2.28. The third-order valence-electron chi connectivity index (χ3n) is 3.45. The third kappa shape index (κ3) is 3.67. The lowest BCUT2D eigenvalue weighted by atomic mass is 9.99. The molecule has 1 heterocycles. The van der Waals surface area contributed by atoms with Crippen LogP contribution in [0.2, 0.25) is 0 Å². The molecule has 0 radical (unpaired) electrons. The minimum Gasteiger partial charge on any atom is -0.508 e. The maximum Gasteiger partial charge on any atom is 0.229 e. The Morgan fingerprint density at radius 2 is 1.73 bits per heavy atom. The number of benzene rings is 1. The molecule has 0 unspecified atom stereocenters. The summed E-state index contributed by atoms with van der Waals surface area (Å²) < 4.78 is 10.6. The predicted octanol–water partition coefficient (Wildman–Crippen LogP) is -1.89. The van der Waals surface area contributed by atoms with Crippen LogP contribution in [0.1, 0.15) is 5.56 Å². The first kappa shape index (κ1) is 16.9. The lowest BCUT2D eigenvalue weighted by Gasteiger charge is -2.39. The van der Waals surface area contributed by atoms with Gasteiger partial charge in [0.15, 0.2) is 0 Å². The van der Waals surface area contributed by atoms with Gasteiger partial charge < -0.3 is 40.1 Å². The molecule has 1 aliphatic rings. The van der Waals surface area contributed by atoms with Crippen molar-refractivity contribution >= 4 is 0 Å². The molecule has 0 aromatic heterocycles. The van der Waals surface area contributed by atoms with Gasteiger partial charge in [-0.15, -0.1) is 0 Å². The van der Waals surface area contributed by atoms with Gasteiger partial charge in [-0.05, 0) is 24.1 Å². The van der Waals surface area contributed by atoms with Crippen LogP contribution in [0.3, 0.4) is 0 Å². The van der Waals surface area contributed by atoms with Gasteiger partial charge >= 0.3 is 0 Å². The largest absolute Gasteiger partial charge is 0.508 e. The molecule has 0 bridgehead atoms. The smallest absolute Gasteiger partial charge is 0.229 e. The Morgan fingerprint density at radius 1 is 1.00 bits per heavy atom. The lowest BCUT2D eigenvalue weighted by molar-refractivity contribution is -0.277. The summed E-state index contributed by atoms with van der Waals surface area (Å²) in [7, 11) is 0. The number of ether oxygens (including phenoxy) is 2. The average Bonchev–Trinajstić information content (AvgIpc) is 2.47. The van der Waals surface area contributed by atoms with Crippen LogP contribution in [0.15, 0.2) is 18.2 Å². The van der Waals surface area contributed by atoms with E-state index in [-0.39, 0.29) is 18.1 Å². The number of rotatable bonds is 5. The SMILES string of the molecule is OCCc1cc(O)cc(O[C@@H]2O[C@H](CO)[C@@H](O)[C@H](O)[C@H]2O)c1. The molecule has 5 atom stereocenters. The molecule has 1 saturated heterocycles. The molecule has 1 aromatic rings. The Bertz CT molecular complexity index is 492. The summed E-state index contributed by atoms with van der Waals surface area (Å²) in [5, 5.41) is 56.9. The molecule has 8 heteroatoms. The minimum atomic E-state index is -1.54. The molecule has 0 saturated carbocycles. The highest BCUT2D eigenvalue weighted by Gasteiger charge is 2.44. The normalized spacial score (nSPS) is 32.0. The molecule has 1 fully saturated rings. The quantitative estimate of drug-likeness (QED) is 0.370. The molecule has 124 valence electrons. The number of phenolic OH excluding ortho intramolecular Hbond substituents is 1. The number of hydrogen-bond donors (Lipinski definition) is 6. The average molecular weight is 316 g/mol. The Labute approximate surface area is 126 Å². The highest BCUT2D eigenvalue weighted by atomic mass is 16.7. The van der Waals surface area contributed by atoms with E-state index in [1.54, 1.807) is 0 Å². The molecular weight excluding hydrogens is 296 g/mol. The monoisotopic (exact) mass is 316 g/mol. The Morgan fingerprint density at radius 3 is 2.36 bits per heavy atom. The summed E-state index contributed by atoms with van der Waals surface area (Å²) in [4.78, 5) is 0. The van der Waals surface area contributed by atoms with Gasteiger partial charge in [0.2, 0.25) is 6.29 Å². The van der Waals surface area contributed by atoms with Gasteiger partial charge in [-0.1, -0.05) is 0 Å². The standard InChI is InChI=1S/C14H20O8/c15-2-1-7-3-8(17)5-9(4-7)21-14-13(20)12(19)11(18)10(6-16)22-14/h3-5,10-20H,1-2,6H2/t10-,11-,12+,13-,14-/m1/s1. The van der Waals surface area contributed by atoms with E-state index in [1.807, 2.05) is 0 Å². The van der Waals surface area contributed by atoms with E-state index in [0.717, 1.165) is 0 Å². The zero-order valence-corrected chi connectivity index (χ0v) is 11.7. The van der Waals surface area contributed by atoms with Crippen LogP contribution in [-0.2, 0) is 11.2 Å². The molecule has 1 aliphatic heterocycles. The molecule has 22 heavy (non-hydrogen) atoms. The van der Waals surface area contributed by atoms with Crippen LogP contribution >= 0.6 is 0 Å². The van der Waals surface area contributed by atoms with E-state index in [4.69, 9.17) is 19.7 Å². The molecular formula is C14H20O8. The molecule has 0 amide bonds. The summed E-state index contributed by atoms with van der Waals surface area (Å²) in [5.74, 6) is 0.0679. The van der Waals surface area contributed by atoms with E-state index in [1.165, 1.54) is 18.2 Å². The topological polar surface area (TPSA) is 140 Å². The Balaban J connectivity index is 2.15. The number of aromatic hydroxyl groups is 1. The maximum absolute atomic E-state index is 9.88. The number of aliphatic hydroxyl groups excluding tert-OH is 5. The van der Waals surface area contributed by atoms with Crippen LogP contribution in [0.4, 0.5) is 0 Å². The Kier molecular flexibility index (Phi) is 5.57. The van der Waals surface area contributed by atoms with Gasteiger partial charge in [-0.3, -0.25) is 0 Å². The minimum absolute atomic E-state index is 0.0921. The molecule has 8 nitrogen and oxygen atoms in total. The molecule has 0 spiro atoms. The van der Waals surface area contributed by atoms with Crippen LogP contribution < -0.4 is 4.74 Å². The van der Waals surface area contributed by atoms with E-state index in [0.29, 0.717) is 12.0 Å². The van der Waals surface area contributed by atoms with Gasteiger partial charge in [0.25, 0.3) is 0 Å². The third-order valence-corrected chi connectivity index (χ3v) is 3.45.